The number of hydrogen-bond donors (Lipinski definition) is 1. The molecule has 0 fully saturated rings. The molecule has 1 aliphatic carbocycles. The van der Waals surface area contributed by atoms with E-state index in [-0.39, 0.29) is 6.04 Å². The van der Waals surface area contributed by atoms with Gasteiger partial charge in [-0.05, 0) is 36.1 Å². The molecule has 2 N–H and O–H groups in total. The number of ether oxygens (including phenoxy) is 1. The summed E-state index contributed by atoms with van der Waals surface area (Å²) in [7, 11) is 0. The van der Waals surface area contributed by atoms with E-state index in [0.29, 0.717) is 6.61 Å². The Balaban J connectivity index is 1.60. The van der Waals surface area contributed by atoms with Gasteiger partial charge in [0, 0.05) is 18.4 Å². The van der Waals surface area contributed by atoms with Crippen molar-refractivity contribution in [3.05, 3.63) is 48.0 Å². The second-order valence-corrected chi connectivity index (χ2v) is 4.65. The van der Waals surface area contributed by atoms with Crippen LogP contribution in [0.2, 0.25) is 0 Å². The van der Waals surface area contributed by atoms with Crippen LogP contribution in [0, 0.1) is 0 Å². The molecule has 0 bridgehead atoms. The predicted molar refractivity (Wildman–Crippen MR) is 69.4 cm³/mol. The summed E-state index contributed by atoms with van der Waals surface area (Å²) in [4.78, 5) is 4.00. The summed E-state index contributed by atoms with van der Waals surface area (Å²) in [6.45, 7) is 1.47. The molecule has 4 nitrogen and oxygen atoms in total. The van der Waals surface area contributed by atoms with E-state index in [2.05, 4.69) is 17.1 Å². The fourth-order valence-electron chi connectivity index (χ4n) is 2.40. The molecule has 0 amide bonds. The maximum atomic E-state index is 6.01. The average Bonchev–Trinajstić information content (AvgIpc) is 3.00. The van der Waals surface area contributed by atoms with Gasteiger partial charge in [-0.2, -0.15) is 0 Å². The smallest absolute Gasteiger partial charge is 0.119 e. The molecule has 2 aromatic rings. The third-order valence-corrected chi connectivity index (χ3v) is 3.42. The summed E-state index contributed by atoms with van der Waals surface area (Å²) in [5.41, 5.74) is 8.62. The van der Waals surface area contributed by atoms with Crippen LogP contribution < -0.4 is 10.5 Å². The fourth-order valence-corrected chi connectivity index (χ4v) is 2.40. The van der Waals surface area contributed by atoms with E-state index in [1.165, 1.54) is 11.1 Å². The van der Waals surface area contributed by atoms with Gasteiger partial charge in [-0.1, -0.05) is 6.07 Å². The van der Waals surface area contributed by atoms with Crippen molar-refractivity contribution in [3.8, 4) is 5.75 Å². The average molecular weight is 243 g/mol. The molecule has 94 valence electrons. The zero-order valence-corrected chi connectivity index (χ0v) is 10.2. The first-order chi connectivity index (χ1) is 8.83. The van der Waals surface area contributed by atoms with Gasteiger partial charge < -0.3 is 15.0 Å². The molecule has 0 saturated heterocycles. The van der Waals surface area contributed by atoms with Gasteiger partial charge in [-0.3, -0.25) is 0 Å². The molecule has 1 atom stereocenters. The molecule has 1 aromatic heterocycles. The van der Waals surface area contributed by atoms with Gasteiger partial charge >= 0.3 is 0 Å². The normalized spacial score (nSPS) is 17.7. The predicted octanol–water partition coefficient (Wildman–Crippen LogP) is 1.91. The molecule has 4 heteroatoms. The molecule has 0 aliphatic heterocycles. The lowest BCUT2D eigenvalue weighted by Gasteiger charge is -2.09. The van der Waals surface area contributed by atoms with Crippen molar-refractivity contribution in [3.63, 3.8) is 0 Å². The second-order valence-electron chi connectivity index (χ2n) is 4.65. The first-order valence-corrected chi connectivity index (χ1v) is 6.30. The van der Waals surface area contributed by atoms with Crippen LogP contribution in [0.5, 0.6) is 5.75 Å². The Kier molecular flexibility index (Phi) is 3.02. The van der Waals surface area contributed by atoms with Gasteiger partial charge in [0.2, 0.25) is 0 Å². The van der Waals surface area contributed by atoms with Crippen molar-refractivity contribution in [1.29, 1.82) is 0 Å². The first-order valence-electron chi connectivity index (χ1n) is 6.30. The Morgan fingerprint density at radius 2 is 2.39 bits per heavy atom. The monoisotopic (exact) mass is 243 g/mol. The summed E-state index contributed by atoms with van der Waals surface area (Å²) >= 11 is 0. The zero-order chi connectivity index (χ0) is 12.4. The van der Waals surface area contributed by atoms with Gasteiger partial charge in [0.1, 0.15) is 12.4 Å². The molecule has 1 heterocycles. The van der Waals surface area contributed by atoms with E-state index < -0.39 is 0 Å². The molecular formula is C14H17N3O. The second kappa shape index (κ2) is 4.82. The van der Waals surface area contributed by atoms with Crippen LogP contribution >= 0.6 is 0 Å². The third kappa shape index (κ3) is 2.24. The Labute approximate surface area is 106 Å². The van der Waals surface area contributed by atoms with E-state index in [4.69, 9.17) is 10.5 Å². The topological polar surface area (TPSA) is 53.1 Å². The Hall–Kier alpha value is -1.81. The van der Waals surface area contributed by atoms with E-state index in [1.807, 2.05) is 16.8 Å². The summed E-state index contributed by atoms with van der Waals surface area (Å²) in [5.74, 6) is 0.933. The summed E-state index contributed by atoms with van der Waals surface area (Å²) in [5, 5.41) is 0. The standard InChI is InChI=1S/C14H17N3O/c15-14-4-1-11-9-12(2-3-13(11)14)18-8-7-17-6-5-16-10-17/h2-3,5-6,9-10,14H,1,4,7-8,15H2. The first kappa shape index (κ1) is 11.3. The quantitative estimate of drug-likeness (QED) is 0.892. The van der Waals surface area contributed by atoms with E-state index >= 15 is 0 Å². The van der Waals surface area contributed by atoms with Crippen LogP contribution in [-0.4, -0.2) is 16.2 Å². The zero-order valence-electron chi connectivity index (χ0n) is 10.2. The lowest BCUT2D eigenvalue weighted by Crippen LogP contribution is -2.07. The number of fused-ring (bicyclic) bond motifs is 1. The van der Waals surface area contributed by atoms with Crippen molar-refractivity contribution in [2.24, 2.45) is 5.73 Å². The number of benzene rings is 1. The SMILES string of the molecule is NC1CCc2cc(OCCn3ccnc3)ccc21. The number of rotatable bonds is 4. The lowest BCUT2D eigenvalue weighted by atomic mass is 10.1. The highest BCUT2D eigenvalue weighted by Gasteiger charge is 2.18. The highest BCUT2D eigenvalue weighted by molar-refractivity contribution is 5.40. The Morgan fingerprint density at radius 1 is 1.44 bits per heavy atom. The Morgan fingerprint density at radius 3 is 3.22 bits per heavy atom. The van der Waals surface area contributed by atoms with Gasteiger partial charge in [0.05, 0.1) is 12.9 Å². The minimum Gasteiger partial charge on any atom is -0.492 e. The van der Waals surface area contributed by atoms with Crippen molar-refractivity contribution in [1.82, 2.24) is 9.55 Å². The minimum absolute atomic E-state index is 0.208. The molecule has 0 saturated carbocycles. The maximum absolute atomic E-state index is 6.01. The van der Waals surface area contributed by atoms with Crippen LogP contribution in [0.25, 0.3) is 0 Å². The van der Waals surface area contributed by atoms with Gasteiger partial charge in [0.25, 0.3) is 0 Å². The molecule has 18 heavy (non-hydrogen) atoms. The van der Waals surface area contributed by atoms with Crippen molar-refractivity contribution in [2.75, 3.05) is 6.61 Å². The largest absolute Gasteiger partial charge is 0.492 e. The highest BCUT2D eigenvalue weighted by Crippen LogP contribution is 2.31. The molecular weight excluding hydrogens is 226 g/mol. The minimum atomic E-state index is 0.208. The molecule has 1 aromatic carbocycles. The molecule has 1 aliphatic rings. The Bertz CT molecular complexity index is 522. The fraction of sp³-hybridized carbons (Fsp3) is 0.357. The van der Waals surface area contributed by atoms with E-state index in [0.717, 1.165) is 25.1 Å². The number of imidazole rings is 1. The van der Waals surface area contributed by atoms with Crippen molar-refractivity contribution < 1.29 is 4.74 Å². The molecule has 0 radical (unpaired) electrons. The highest BCUT2D eigenvalue weighted by atomic mass is 16.5. The molecule has 1 unspecified atom stereocenters. The molecule has 3 rings (SSSR count). The summed E-state index contributed by atoms with van der Waals surface area (Å²) in [6, 6.07) is 6.44. The van der Waals surface area contributed by atoms with Crippen LogP contribution in [0.3, 0.4) is 0 Å². The van der Waals surface area contributed by atoms with Gasteiger partial charge in [-0.25, -0.2) is 4.98 Å². The number of nitrogens with two attached hydrogens (primary N) is 1. The van der Waals surface area contributed by atoms with Crippen LogP contribution in [0.1, 0.15) is 23.6 Å². The third-order valence-electron chi connectivity index (χ3n) is 3.42. The van der Waals surface area contributed by atoms with Crippen LogP contribution in [0.15, 0.2) is 36.9 Å². The summed E-state index contributed by atoms with van der Waals surface area (Å²) in [6.07, 6.45) is 7.62. The lowest BCUT2D eigenvalue weighted by molar-refractivity contribution is 0.298. The van der Waals surface area contributed by atoms with Crippen molar-refractivity contribution >= 4 is 0 Å². The van der Waals surface area contributed by atoms with Crippen LogP contribution in [0.4, 0.5) is 0 Å². The maximum Gasteiger partial charge on any atom is 0.119 e. The van der Waals surface area contributed by atoms with Crippen LogP contribution in [-0.2, 0) is 13.0 Å². The van der Waals surface area contributed by atoms with E-state index in [9.17, 15) is 0 Å². The number of aryl methyl sites for hydroxylation is 1. The number of hydrogen-bond acceptors (Lipinski definition) is 3. The van der Waals surface area contributed by atoms with Crippen molar-refractivity contribution in [2.45, 2.75) is 25.4 Å². The number of aromatic nitrogens is 2. The summed E-state index contributed by atoms with van der Waals surface area (Å²) < 4.78 is 7.75. The van der Waals surface area contributed by atoms with E-state index in [1.54, 1.807) is 12.5 Å². The number of nitrogens with zero attached hydrogens (tertiary/aromatic N) is 2. The molecule has 0 spiro atoms. The van der Waals surface area contributed by atoms with Gasteiger partial charge in [0.15, 0.2) is 0 Å². The van der Waals surface area contributed by atoms with Gasteiger partial charge in [-0.15, -0.1) is 0 Å².